The van der Waals surface area contributed by atoms with Crippen molar-refractivity contribution >= 4 is 11.3 Å². The lowest BCUT2D eigenvalue weighted by Crippen LogP contribution is -2.29. The van der Waals surface area contributed by atoms with E-state index in [0.29, 0.717) is 6.54 Å². The maximum absolute atomic E-state index is 6.10. The normalized spacial score (nSPS) is 16.8. The van der Waals surface area contributed by atoms with Crippen LogP contribution in [0.2, 0.25) is 0 Å². The first-order valence-corrected chi connectivity index (χ1v) is 9.39. The number of para-hydroxylation sites is 1. The number of hydrogen-bond donors (Lipinski definition) is 1. The summed E-state index contributed by atoms with van der Waals surface area (Å²) in [7, 11) is 0. The summed E-state index contributed by atoms with van der Waals surface area (Å²) in [5.41, 5.74) is 8.72. The summed E-state index contributed by atoms with van der Waals surface area (Å²) in [5.74, 6) is 1.72. The molecular weight excluding hydrogens is 330 g/mol. The summed E-state index contributed by atoms with van der Waals surface area (Å²) in [6.45, 7) is 2.52. The third kappa shape index (κ3) is 3.58. The van der Waals surface area contributed by atoms with Gasteiger partial charge in [-0.2, -0.15) is 0 Å². The van der Waals surface area contributed by atoms with Gasteiger partial charge in [-0.25, -0.2) is 4.98 Å². The van der Waals surface area contributed by atoms with Gasteiger partial charge in [0.05, 0.1) is 5.01 Å². The highest BCUT2D eigenvalue weighted by Gasteiger charge is 2.29. The van der Waals surface area contributed by atoms with Gasteiger partial charge < -0.3 is 10.5 Å². The van der Waals surface area contributed by atoms with Gasteiger partial charge >= 0.3 is 0 Å². The molecule has 4 rings (SSSR count). The van der Waals surface area contributed by atoms with Gasteiger partial charge in [-0.05, 0) is 35.4 Å². The average Bonchev–Trinajstić information content (AvgIpc) is 3.27. The number of nitrogens with zero attached hydrogens (tertiary/aromatic N) is 2. The highest BCUT2D eigenvalue weighted by Crippen LogP contribution is 2.36. The molecule has 0 amide bonds. The van der Waals surface area contributed by atoms with Crippen LogP contribution < -0.4 is 10.5 Å². The molecule has 0 spiro atoms. The minimum Gasteiger partial charge on any atom is -0.457 e. The third-order valence-corrected chi connectivity index (χ3v) is 5.43. The molecule has 5 heteroatoms. The van der Waals surface area contributed by atoms with Crippen molar-refractivity contribution in [2.75, 3.05) is 13.1 Å². The highest BCUT2D eigenvalue weighted by molar-refractivity contribution is 7.09. The molecule has 3 aromatic rings. The van der Waals surface area contributed by atoms with Crippen LogP contribution in [0.3, 0.4) is 0 Å². The van der Waals surface area contributed by atoms with Crippen LogP contribution in [0.15, 0.2) is 60.1 Å². The summed E-state index contributed by atoms with van der Waals surface area (Å²) in [4.78, 5) is 6.82. The summed E-state index contributed by atoms with van der Waals surface area (Å²) < 4.78 is 5.98. The summed E-state index contributed by atoms with van der Waals surface area (Å²) in [5, 5.41) is 3.21. The van der Waals surface area contributed by atoms with Crippen molar-refractivity contribution in [3.63, 3.8) is 0 Å². The number of aromatic nitrogens is 1. The van der Waals surface area contributed by atoms with Crippen molar-refractivity contribution in [2.45, 2.75) is 19.0 Å². The molecule has 0 radical (unpaired) electrons. The standard InChI is InChI=1S/C20H21N3OS/c21-13-19-18-12-17(24-16-4-2-1-3-5-16)7-6-15(18)14-23(19)10-8-20-22-9-11-25-20/h1-7,9,11-12,19H,8,10,13-14,21H2. The van der Waals surface area contributed by atoms with Gasteiger partial charge in [0.2, 0.25) is 0 Å². The van der Waals surface area contributed by atoms with Crippen molar-refractivity contribution in [3.05, 3.63) is 76.2 Å². The van der Waals surface area contributed by atoms with E-state index < -0.39 is 0 Å². The Hall–Kier alpha value is -2.21. The van der Waals surface area contributed by atoms with Crippen molar-refractivity contribution in [2.24, 2.45) is 5.73 Å². The maximum atomic E-state index is 6.10. The van der Waals surface area contributed by atoms with Crippen molar-refractivity contribution < 1.29 is 4.74 Å². The molecule has 1 unspecified atom stereocenters. The first kappa shape index (κ1) is 16.3. The molecule has 1 atom stereocenters. The lowest BCUT2D eigenvalue weighted by molar-refractivity contribution is 0.222. The van der Waals surface area contributed by atoms with Crippen LogP contribution >= 0.6 is 11.3 Å². The molecule has 0 bridgehead atoms. The Kier molecular flexibility index (Phi) is 4.78. The monoisotopic (exact) mass is 351 g/mol. The Morgan fingerprint density at radius 2 is 2.04 bits per heavy atom. The van der Waals surface area contributed by atoms with Crippen LogP contribution in [0.4, 0.5) is 0 Å². The summed E-state index contributed by atoms with van der Waals surface area (Å²) in [6, 6.07) is 16.5. The predicted molar refractivity (Wildman–Crippen MR) is 101 cm³/mol. The molecule has 0 fully saturated rings. The van der Waals surface area contributed by atoms with Gasteiger partial charge in [0.25, 0.3) is 0 Å². The maximum Gasteiger partial charge on any atom is 0.127 e. The molecule has 0 saturated carbocycles. The van der Waals surface area contributed by atoms with Gasteiger partial charge in [-0.1, -0.05) is 24.3 Å². The number of ether oxygens (including phenoxy) is 1. The number of hydrogen-bond acceptors (Lipinski definition) is 5. The highest BCUT2D eigenvalue weighted by atomic mass is 32.1. The SMILES string of the molecule is NCC1c2cc(Oc3ccccc3)ccc2CN1CCc1nccs1. The van der Waals surface area contributed by atoms with Crippen LogP contribution in [0.25, 0.3) is 0 Å². The number of fused-ring (bicyclic) bond motifs is 1. The minimum atomic E-state index is 0.245. The van der Waals surface area contributed by atoms with E-state index in [1.54, 1.807) is 11.3 Å². The van der Waals surface area contributed by atoms with Crippen molar-refractivity contribution in [3.8, 4) is 11.5 Å². The van der Waals surface area contributed by atoms with Gasteiger partial charge in [0.15, 0.2) is 0 Å². The second kappa shape index (κ2) is 7.35. The van der Waals surface area contributed by atoms with E-state index in [2.05, 4.69) is 22.0 Å². The van der Waals surface area contributed by atoms with Crippen molar-refractivity contribution in [1.29, 1.82) is 0 Å². The molecular formula is C20H21N3OS. The number of nitrogens with two attached hydrogens (primary N) is 1. The fourth-order valence-corrected chi connectivity index (χ4v) is 3.98. The fraction of sp³-hybridized carbons (Fsp3) is 0.250. The molecule has 0 aliphatic carbocycles. The van der Waals surface area contributed by atoms with Gasteiger partial charge in [-0.15, -0.1) is 11.3 Å². The lowest BCUT2D eigenvalue weighted by Gasteiger charge is -2.23. The molecule has 4 nitrogen and oxygen atoms in total. The van der Waals surface area contributed by atoms with E-state index in [0.717, 1.165) is 31.0 Å². The Balaban J connectivity index is 1.50. The number of thiazole rings is 1. The minimum absolute atomic E-state index is 0.245. The molecule has 25 heavy (non-hydrogen) atoms. The first-order valence-electron chi connectivity index (χ1n) is 8.51. The smallest absolute Gasteiger partial charge is 0.127 e. The van der Waals surface area contributed by atoms with E-state index in [9.17, 15) is 0 Å². The number of benzene rings is 2. The molecule has 2 aromatic carbocycles. The largest absolute Gasteiger partial charge is 0.457 e. The van der Waals surface area contributed by atoms with Crippen LogP contribution in [-0.2, 0) is 13.0 Å². The molecule has 128 valence electrons. The number of rotatable bonds is 6. The van der Waals surface area contributed by atoms with Crippen LogP contribution in [0.1, 0.15) is 22.2 Å². The summed E-state index contributed by atoms with van der Waals surface area (Å²) >= 11 is 1.71. The van der Waals surface area contributed by atoms with E-state index in [4.69, 9.17) is 10.5 Å². The molecule has 1 aromatic heterocycles. The van der Waals surface area contributed by atoms with Crippen LogP contribution in [0.5, 0.6) is 11.5 Å². The zero-order valence-electron chi connectivity index (χ0n) is 14.0. The fourth-order valence-electron chi connectivity index (χ4n) is 3.37. The molecule has 1 aliphatic heterocycles. The molecule has 0 saturated heterocycles. The van der Waals surface area contributed by atoms with Crippen LogP contribution in [-0.4, -0.2) is 23.0 Å². The predicted octanol–water partition coefficient (Wildman–Crippen LogP) is 3.99. The molecule has 2 N–H and O–H groups in total. The Labute approximate surface area is 151 Å². The summed E-state index contributed by atoms with van der Waals surface area (Å²) in [6.07, 6.45) is 2.84. The van der Waals surface area contributed by atoms with Gasteiger partial charge in [0, 0.05) is 43.7 Å². The zero-order valence-corrected chi connectivity index (χ0v) is 14.8. The van der Waals surface area contributed by atoms with Crippen LogP contribution in [0, 0.1) is 0 Å². The van der Waals surface area contributed by atoms with E-state index >= 15 is 0 Å². The van der Waals surface area contributed by atoms with E-state index in [-0.39, 0.29) is 6.04 Å². The topological polar surface area (TPSA) is 51.4 Å². The van der Waals surface area contributed by atoms with Crippen molar-refractivity contribution in [1.82, 2.24) is 9.88 Å². The average molecular weight is 351 g/mol. The first-order chi connectivity index (χ1) is 12.3. The Bertz CT molecular complexity index is 820. The van der Waals surface area contributed by atoms with E-state index in [1.807, 2.05) is 48.0 Å². The molecule has 1 aliphatic rings. The lowest BCUT2D eigenvalue weighted by atomic mass is 10.0. The van der Waals surface area contributed by atoms with Gasteiger partial charge in [-0.3, -0.25) is 4.90 Å². The second-order valence-corrected chi connectivity index (χ2v) is 7.15. The zero-order chi connectivity index (χ0) is 17.1. The third-order valence-electron chi connectivity index (χ3n) is 4.59. The Morgan fingerprint density at radius 3 is 2.80 bits per heavy atom. The van der Waals surface area contributed by atoms with E-state index in [1.165, 1.54) is 16.1 Å². The molecule has 2 heterocycles. The Morgan fingerprint density at radius 1 is 1.16 bits per heavy atom. The quantitative estimate of drug-likeness (QED) is 0.729. The van der Waals surface area contributed by atoms with Gasteiger partial charge in [0.1, 0.15) is 11.5 Å². The second-order valence-electron chi connectivity index (χ2n) is 6.17.